The van der Waals surface area contributed by atoms with Gasteiger partial charge in [-0.3, -0.25) is 0 Å². The van der Waals surface area contributed by atoms with Crippen molar-refractivity contribution >= 4 is 49.6 Å². The maximum absolute atomic E-state index is 10.5. The van der Waals surface area contributed by atoms with Gasteiger partial charge in [-0.1, -0.05) is 0 Å². The summed E-state index contributed by atoms with van der Waals surface area (Å²) in [5.74, 6) is 0. The Hall–Kier alpha value is -0.122. The van der Waals surface area contributed by atoms with Crippen molar-refractivity contribution in [3.8, 4) is 0 Å². The van der Waals surface area contributed by atoms with E-state index in [1.54, 1.807) is 0 Å². The van der Waals surface area contributed by atoms with Crippen LogP contribution >= 0.6 is 25.5 Å². The van der Waals surface area contributed by atoms with Gasteiger partial charge in [0, 0.05) is 0 Å². The standard InChI is InChI=1S/C5H2AsBrClN2O2/c7-6-5-4(10(11)12)3(8)1-2-9-5/h1-2H. The summed E-state index contributed by atoms with van der Waals surface area (Å²) >= 11 is 8.34. The average Bonchev–Trinajstić information content (AvgIpc) is 2.03. The molecule has 0 atom stereocenters. The second-order valence-electron chi connectivity index (χ2n) is 1.81. The molecule has 0 aliphatic heterocycles. The third kappa shape index (κ3) is 1.97. The second kappa shape index (κ2) is 4.21. The van der Waals surface area contributed by atoms with E-state index in [1.165, 1.54) is 12.3 Å². The molecule has 1 aromatic heterocycles. The van der Waals surface area contributed by atoms with Gasteiger partial charge in [0.1, 0.15) is 0 Å². The fraction of sp³-hybridized carbons (Fsp3) is 0. The minimum atomic E-state index is -0.512. The second-order valence-corrected chi connectivity index (χ2v) is 5.30. The molecule has 0 fully saturated rings. The van der Waals surface area contributed by atoms with E-state index < -0.39 is 18.8 Å². The zero-order chi connectivity index (χ0) is 9.14. The first-order chi connectivity index (χ1) is 5.66. The Balaban J connectivity index is 3.29. The predicted molar refractivity (Wildman–Crippen MR) is 50.2 cm³/mol. The van der Waals surface area contributed by atoms with Crippen LogP contribution in [0.3, 0.4) is 0 Å². The summed E-state index contributed by atoms with van der Waals surface area (Å²) in [6.07, 6.45) is 1.46. The summed E-state index contributed by atoms with van der Waals surface area (Å²) in [6.45, 7) is 0. The van der Waals surface area contributed by atoms with Gasteiger partial charge < -0.3 is 0 Å². The van der Waals surface area contributed by atoms with Crippen molar-refractivity contribution in [3.63, 3.8) is 0 Å². The molecule has 63 valence electrons. The molecule has 0 unspecified atom stereocenters. The Morgan fingerprint density at radius 3 is 2.83 bits per heavy atom. The maximum atomic E-state index is 10.5. The fourth-order valence-corrected chi connectivity index (χ4v) is 3.18. The van der Waals surface area contributed by atoms with Crippen LogP contribution in [0.4, 0.5) is 5.69 Å². The Labute approximate surface area is 86.7 Å². The van der Waals surface area contributed by atoms with Crippen molar-refractivity contribution in [1.29, 1.82) is 0 Å². The number of nitrogens with zero attached hydrogens (tertiary/aromatic N) is 2. The third-order valence-electron chi connectivity index (χ3n) is 1.12. The van der Waals surface area contributed by atoms with Gasteiger partial charge in [-0.15, -0.1) is 0 Å². The molecule has 1 aromatic rings. The first-order valence-electron chi connectivity index (χ1n) is 2.77. The van der Waals surface area contributed by atoms with Crippen molar-refractivity contribution in [1.82, 2.24) is 4.98 Å². The van der Waals surface area contributed by atoms with E-state index in [0.717, 1.165) is 0 Å². The normalized spacial score (nSPS) is 10.8. The van der Waals surface area contributed by atoms with Gasteiger partial charge in [0.25, 0.3) is 0 Å². The van der Waals surface area contributed by atoms with E-state index in [2.05, 4.69) is 18.9 Å². The van der Waals surface area contributed by atoms with E-state index in [0.29, 0.717) is 4.48 Å². The van der Waals surface area contributed by atoms with Crippen molar-refractivity contribution in [2.24, 2.45) is 0 Å². The Kier molecular flexibility index (Phi) is 3.50. The van der Waals surface area contributed by atoms with Crippen LogP contribution in [0, 0.1) is 10.1 Å². The van der Waals surface area contributed by atoms with Crippen LogP contribution in [0.1, 0.15) is 0 Å². The van der Waals surface area contributed by atoms with Gasteiger partial charge in [-0.25, -0.2) is 0 Å². The quantitative estimate of drug-likeness (QED) is 0.470. The van der Waals surface area contributed by atoms with Gasteiger partial charge in [0.15, 0.2) is 0 Å². The summed E-state index contributed by atoms with van der Waals surface area (Å²) in [6, 6.07) is 1.41. The zero-order valence-corrected chi connectivity index (χ0v) is 9.79. The molecule has 0 N–H and O–H groups in total. The van der Waals surface area contributed by atoms with E-state index >= 15 is 0 Å². The molecule has 1 heterocycles. The van der Waals surface area contributed by atoms with Crippen LogP contribution < -0.4 is 4.48 Å². The topological polar surface area (TPSA) is 56.0 Å². The molecule has 0 aromatic carbocycles. The van der Waals surface area contributed by atoms with Crippen LogP contribution in [0.25, 0.3) is 0 Å². The van der Waals surface area contributed by atoms with Crippen LogP contribution in [0.5, 0.6) is 0 Å². The number of nitro groups is 1. The van der Waals surface area contributed by atoms with Crippen molar-refractivity contribution < 1.29 is 4.92 Å². The summed E-state index contributed by atoms with van der Waals surface area (Å²) in [5, 5.41) is 10.6. The zero-order valence-electron chi connectivity index (χ0n) is 5.57. The number of aromatic nitrogens is 1. The monoisotopic (exact) mass is 311 g/mol. The summed E-state index contributed by atoms with van der Waals surface area (Å²) < 4.78 is 0.434. The molecule has 0 saturated heterocycles. The number of pyridine rings is 1. The number of rotatable bonds is 2. The molecule has 1 radical (unpaired) electrons. The van der Waals surface area contributed by atoms with E-state index in [4.69, 9.17) is 11.6 Å². The van der Waals surface area contributed by atoms with Crippen molar-refractivity contribution in [3.05, 3.63) is 27.4 Å². The Morgan fingerprint density at radius 1 is 1.75 bits per heavy atom. The molecule has 1 rings (SSSR count). The number of halogens is 2. The minimum absolute atomic E-state index is 0.0870. The van der Waals surface area contributed by atoms with Gasteiger partial charge in [0.2, 0.25) is 0 Å². The molecular weight excluding hydrogens is 310 g/mol. The SMILES string of the molecule is O=[N+]([O-])c1c(Cl)ccnc1[As]Br. The number of hydrogen-bond acceptors (Lipinski definition) is 3. The van der Waals surface area contributed by atoms with Crippen LogP contribution in [0.15, 0.2) is 12.3 Å². The summed E-state index contributed by atoms with van der Waals surface area (Å²) in [5.41, 5.74) is -0.0870. The molecule has 0 amide bonds. The first kappa shape index (κ1) is 9.96. The Morgan fingerprint density at radius 2 is 2.42 bits per heavy atom. The Bertz CT molecular complexity index is 322. The molecule has 0 spiro atoms. The van der Waals surface area contributed by atoms with Gasteiger partial charge >= 0.3 is 86.9 Å². The predicted octanol–water partition coefficient (Wildman–Crippen LogP) is 1.28. The molecule has 4 nitrogen and oxygen atoms in total. The van der Waals surface area contributed by atoms with Crippen LogP contribution in [-0.4, -0.2) is 23.8 Å². The molecule has 0 aliphatic carbocycles. The molecule has 12 heavy (non-hydrogen) atoms. The van der Waals surface area contributed by atoms with Crippen LogP contribution in [0.2, 0.25) is 5.02 Å². The van der Waals surface area contributed by atoms with E-state index in [9.17, 15) is 10.1 Å². The fourth-order valence-electron chi connectivity index (χ4n) is 0.651. The van der Waals surface area contributed by atoms with Gasteiger partial charge in [-0.05, 0) is 0 Å². The van der Waals surface area contributed by atoms with Gasteiger partial charge in [-0.2, -0.15) is 0 Å². The van der Waals surface area contributed by atoms with Crippen molar-refractivity contribution in [2.75, 3.05) is 0 Å². The number of hydrogen-bond donors (Lipinski definition) is 0. The summed E-state index contributed by atoms with van der Waals surface area (Å²) in [4.78, 5) is 13.8. The van der Waals surface area contributed by atoms with E-state index in [-0.39, 0.29) is 10.7 Å². The molecule has 0 aliphatic rings. The van der Waals surface area contributed by atoms with Crippen molar-refractivity contribution in [2.45, 2.75) is 0 Å². The average molecular weight is 312 g/mol. The van der Waals surface area contributed by atoms with Crippen LogP contribution in [-0.2, 0) is 0 Å². The molecule has 0 bridgehead atoms. The van der Waals surface area contributed by atoms with Gasteiger partial charge in [0.05, 0.1) is 0 Å². The summed E-state index contributed by atoms with van der Waals surface area (Å²) in [7, 11) is 0. The molecule has 7 heteroatoms. The third-order valence-corrected chi connectivity index (χ3v) is 4.19. The molecule has 0 saturated carbocycles. The molecular formula is C5H2AsBrClN2O2. The van der Waals surface area contributed by atoms with E-state index in [1.807, 2.05) is 0 Å². The first-order valence-corrected chi connectivity index (χ1v) is 8.49.